The zero-order valence-electron chi connectivity index (χ0n) is 10.2. The second-order valence-corrected chi connectivity index (χ2v) is 5.36. The van der Waals surface area contributed by atoms with Gasteiger partial charge < -0.3 is 15.7 Å². The van der Waals surface area contributed by atoms with Crippen molar-refractivity contribution in [3.8, 4) is 0 Å². The number of nitrogens with one attached hydrogen (secondary N) is 2. The number of hydrogen-bond acceptors (Lipinski definition) is 3. The van der Waals surface area contributed by atoms with Crippen LogP contribution in [0.2, 0.25) is 0 Å². The van der Waals surface area contributed by atoms with Gasteiger partial charge in [0.1, 0.15) is 6.04 Å². The highest BCUT2D eigenvalue weighted by Gasteiger charge is 2.53. The van der Waals surface area contributed by atoms with Crippen molar-refractivity contribution in [2.45, 2.75) is 38.6 Å². The van der Waals surface area contributed by atoms with Gasteiger partial charge in [-0.05, 0) is 37.0 Å². The molecule has 3 N–H and O–H groups in total. The van der Waals surface area contributed by atoms with Crippen molar-refractivity contribution in [3.63, 3.8) is 0 Å². The molecular weight excluding hydrogens is 220 g/mol. The summed E-state index contributed by atoms with van der Waals surface area (Å²) < 4.78 is 0. The Morgan fingerprint density at radius 2 is 2.06 bits per heavy atom. The first kappa shape index (κ1) is 12.4. The molecular formula is C12H20N2O3. The Morgan fingerprint density at radius 3 is 2.47 bits per heavy atom. The van der Waals surface area contributed by atoms with E-state index in [1.807, 2.05) is 0 Å². The largest absolute Gasteiger partial charge is 0.480 e. The van der Waals surface area contributed by atoms with E-state index in [0.29, 0.717) is 12.0 Å². The molecule has 17 heavy (non-hydrogen) atoms. The van der Waals surface area contributed by atoms with Gasteiger partial charge in [0.25, 0.3) is 0 Å². The Bertz CT molecular complexity index is 322. The van der Waals surface area contributed by atoms with Gasteiger partial charge >= 0.3 is 5.97 Å². The summed E-state index contributed by atoms with van der Waals surface area (Å²) in [6.45, 7) is 2.53. The zero-order valence-corrected chi connectivity index (χ0v) is 10.2. The van der Waals surface area contributed by atoms with Gasteiger partial charge in [-0.1, -0.05) is 0 Å². The fraction of sp³-hybridized carbons (Fsp3) is 0.833. The number of amides is 1. The third-order valence-electron chi connectivity index (χ3n) is 3.84. The van der Waals surface area contributed by atoms with Crippen molar-refractivity contribution in [1.82, 2.24) is 10.6 Å². The third kappa shape index (κ3) is 3.19. The van der Waals surface area contributed by atoms with Crippen LogP contribution in [0, 0.1) is 11.3 Å². The standard InChI is InChI=1S/C12H20N2O3/c1-8(15)14-10(11(16)17)6-13-7-12(4-5-12)9-2-3-9/h9-10,13H,2-7H2,1H3,(H,14,15)(H,16,17). The monoisotopic (exact) mass is 240 g/mol. The average molecular weight is 240 g/mol. The van der Waals surface area contributed by atoms with E-state index in [1.54, 1.807) is 0 Å². The fourth-order valence-corrected chi connectivity index (χ4v) is 2.50. The first-order valence-electron chi connectivity index (χ1n) is 6.24. The molecule has 2 aliphatic rings. The number of aliphatic carboxylic acids is 1. The van der Waals surface area contributed by atoms with Crippen molar-refractivity contribution in [3.05, 3.63) is 0 Å². The van der Waals surface area contributed by atoms with Gasteiger partial charge in [0, 0.05) is 20.0 Å². The van der Waals surface area contributed by atoms with E-state index < -0.39 is 12.0 Å². The van der Waals surface area contributed by atoms with Gasteiger partial charge in [0.05, 0.1) is 0 Å². The molecule has 0 aliphatic heterocycles. The normalized spacial score (nSPS) is 22.9. The summed E-state index contributed by atoms with van der Waals surface area (Å²) in [6.07, 6.45) is 5.19. The molecule has 0 aromatic heterocycles. The second kappa shape index (κ2) is 4.64. The first-order valence-corrected chi connectivity index (χ1v) is 6.24. The maximum absolute atomic E-state index is 10.9. The highest BCUT2D eigenvalue weighted by molar-refractivity contribution is 5.82. The lowest BCUT2D eigenvalue weighted by Crippen LogP contribution is -2.47. The number of carbonyl (C=O) groups is 2. The maximum Gasteiger partial charge on any atom is 0.327 e. The van der Waals surface area contributed by atoms with E-state index in [9.17, 15) is 9.59 Å². The van der Waals surface area contributed by atoms with Crippen molar-refractivity contribution >= 4 is 11.9 Å². The molecule has 0 saturated heterocycles. The zero-order chi connectivity index (χ0) is 12.5. The summed E-state index contributed by atoms with van der Waals surface area (Å²) in [5.41, 5.74) is 0.458. The minimum absolute atomic E-state index is 0.303. The SMILES string of the molecule is CC(=O)NC(CNCC1(C2CC2)CC1)C(=O)O. The summed E-state index contributed by atoms with van der Waals surface area (Å²) in [4.78, 5) is 21.7. The molecule has 1 amide bonds. The van der Waals surface area contributed by atoms with Crippen molar-refractivity contribution in [1.29, 1.82) is 0 Å². The highest BCUT2D eigenvalue weighted by atomic mass is 16.4. The number of rotatable bonds is 7. The minimum atomic E-state index is -0.982. The molecule has 0 radical (unpaired) electrons. The van der Waals surface area contributed by atoms with Crippen LogP contribution in [-0.4, -0.2) is 36.1 Å². The molecule has 0 aromatic carbocycles. The average Bonchev–Trinajstić information content (AvgIpc) is 3.09. The quantitative estimate of drug-likeness (QED) is 0.600. The predicted octanol–water partition coefficient (Wildman–Crippen LogP) is 0.355. The van der Waals surface area contributed by atoms with Crippen LogP contribution >= 0.6 is 0 Å². The topological polar surface area (TPSA) is 78.4 Å². The summed E-state index contributed by atoms with van der Waals surface area (Å²) in [5, 5.41) is 14.6. The molecule has 0 aromatic rings. The summed E-state index contributed by atoms with van der Waals surface area (Å²) >= 11 is 0. The number of carboxylic acids is 1. The van der Waals surface area contributed by atoms with E-state index in [0.717, 1.165) is 12.5 Å². The molecule has 0 bridgehead atoms. The molecule has 2 saturated carbocycles. The van der Waals surface area contributed by atoms with E-state index in [-0.39, 0.29) is 5.91 Å². The van der Waals surface area contributed by atoms with Crippen LogP contribution in [-0.2, 0) is 9.59 Å². The van der Waals surface area contributed by atoms with Gasteiger partial charge in [-0.15, -0.1) is 0 Å². The van der Waals surface area contributed by atoms with Gasteiger partial charge in [0.2, 0.25) is 5.91 Å². The van der Waals surface area contributed by atoms with Crippen LogP contribution in [0.25, 0.3) is 0 Å². The van der Waals surface area contributed by atoms with Crippen molar-refractivity contribution < 1.29 is 14.7 Å². The van der Waals surface area contributed by atoms with Gasteiger partial charge in [-0.3, -0.25) is 4.79 Å². The van der Waals surface area contributed by atoms with Crippen LogP contribution in [0.1, 0.15) is 32.6 Å². The molecule has 2 fully saturated rings. The molecule has 96 valence electrons. The van der Waals surface area contributed by atoms with E-state index in [1.165, 1.54) is 32.6 Å². The molecule has 1 unspecified atom stereocenters. The minimum Gasteiger partial charge on any atom is -0.480 e. The Kier molecular flexibility index (Phi) is 3.38. The van der Waals surface area contributed by atoms with E-state index in [4.69, 9.17) is 5.11 Å². The van der Waals surface area contributed by atoms with Gasteiger partial charge in [-0.25, -0.2) is 4.79 Å². The Balaban J connectivity index is 1.71. The fourth-order valence-electron chi connectivity index (χ4n) is 2.50. The molecule has 2 rings (SSSR count). The van der Waals surface area contributed by atoms with E-state index >= 15 is 0 Å². The molecule has 5 nitrogen and oxygen atoms in total. The summed E-state index contributed by atoms with van der Waals surface area (Å²) in [7, 11) is 0. The van der Waals surface area contributed by atoms with Crippen LogP contribution in [0.15, 0.2) is 0 Å². The number of hydrogen-bond donors (Lipinski definition) is 3. The van der Waals surface area contributed by atoms with E-state index in [2.05, 4.69) is 10.6 Å². The lowest BCUT2D eigenvalue weighted by molar-refractivity contribution is -0.141. The molecule has 1 atom stereocenters. The Labute approximate surface area is 101 Å². The van der Waals surface area contributed by atoms with Crippen molar-refractivity contribution in [2.75, 3.05) is 13.1 Å². The third-order valence-corrected chi connectivity index (χ3v) is 3.84. The lowest BCUT2D eigenvalue weighted by Gasteiger charge is -2.18. The van der Waals surface area contributed by atoms with Crippen molar-refractivity contribution in [2.24, 2.45) is 11.3 Å². The number of carbonyl (C=O) groups excluding carboxylic acids is 1. The highest BCUT2D eigenvalue weighted by Crippen LogP contribution is 2.60. The van der Waals surface area contributed by atoms with Crippen LogP contribution in [0.4, 0.5) is 0 Å². The smallest absolute Gasteiger partial charge is 0.327 e. The van der Waals surface area contributed by atoms with Crippen LogP contribution in [0.3, 0.4) is 0 Å². The Hall–Kier alpha value is -1.10. The first-order chi connectivity index (χ1) is 8.03. The molecule has 2 aliphatic carbocycles. The Morgan fingerprint density at radius 1 is 1.41 bits per heavy atom. The maximum atomic E-state index is 10.9. The molecule has 5 heteroatoms. The molecule has 0 heterocycles. The summed E-state index contributed by atoms with van der Waals surface area (Å²) in [5.74, 6) is -0.425. The summed E-state index contributed by atoms with van der Waals surface area (Å²) in [6, 6.07) is -0.817. The number of carboxylic acid groups (broad SMARTS) is 1. The second-order valence-electron chi connectivity index (χ2n) is 5.36. The van der Waals surface area contributed by atoms with Crippen LogP contribution < -0.4 is 10.6 Å². The molecule has 0 spiro atoms. The van der Waals surface area contributed by atoms with Gasteiger partial charge in [0.15, 0.2) is 0 Å². The van der Waals surface area contributed by atoms with Crippen LogP contribution in [0.5, 0.6) is 0 Å². The lowest BCUT2D eigenvalue weighted by atomic mass is 10.0. The predicted molar refractivity (Wildman–Crippen MR) is 62.5 cm³/mol. The van der Waals surface area contributed by atoms with Gasteiger partial charge in [-0.2, -0.15) is 0 Å².